The fourth-order valence-corrected chi connectivity index (χ4v) is 1.77. The first-order chi connectivity index (χ1) is 9.50. The highest BCUT2D eigenvalue weighted by molar-refractivity contribution is 5.95. The molecule has 1 atom stereocenters. The summed E-state index contributed by atoms with van der Waals surface area (Å²) in [6, 6.07) is 4.60. The first-order valence-corrected chi connectivity index (χ1v) is 5.85. The molecule has 0 spiro atoms. The van der Waals surface area contributed by atoms with Crippen LogP contribution in [-0.4, -0.2) is 10.9 Å². The average molecular weight is 280 g/mol. The van der Waals surface area contributed by atoms with Gasteiger partial charge in [0.1, 0.15) is 11.6 Å². The predicted octanol–water partition coefficient (Wildman–Crippen LogP) is 3.24. The van der Waals surface area contributed by atoms with E-state index in [0.29, 0.717) is 0 Å². The van der Waals surface area contributed by atoms with Crippen LogP contribution in [0.15, 0.2) is 36.7 Å². The lowest BCUT2D eigenvalue weighted by atomic mass is 9.99. The van der Waals surface area contributed by atoms with Gasteiger partial charge in [-0.3, -0.25) is 9.78 Å². The minimum absolute atomic E-state index is 0.0893. The van der Waals surface area contributed by atoms with E-state index >= 15 is 0 Å². The van der Waals surface area contributed by atoms with Gasteiger partial charge < -0.3 is 5.32 Å². The zero-order valence-corrected chi connectivity index (χ0v) is 10.5. The Morgan fingerprint density at radius 1 is 1.15 bits per heavy atom. The Kier molecular flexibility index (Phi) is 4.02. The van der Waals surface area contributed by atoms with E-state index in [1.54, 1.807) is 0 Å². The van der Waals surface area contributed by atoms with Crippen molar-refractivity contribution >= 4 is 11.6 Å². The van der Waals surface area contributed by atoms with Gasteiger partial charge in [0.05, 0.1) is 17.8 Å². The number of hydrogen-bond acceptors (Lipinski definition) is 2. The normalized spacial score (nSPS) is 12.0. The molecule has 0 aliphatic rings. The number of aromatic nitrogens is 1. The van der Waals surface area contributed by atoms with Gasteiger partial charge in [-0.2, -0.15) is 0 Å². The van der Waals surface area contributed by atoms with Crippen molar-refractivity contribution in [2.75, 3.05) is 5.32 Å². The SMILES string of the molecule is C[C@@H](C(=O)Nc1ccncc1F)c1c(F)cccc1F. The van der Waals surface area contributed by atoms with Gasteiger partial charge in [0.15, 0.2) is 5.82 Å². The van der Waals surface area contributed by atoms with Crippen LogP contribution in [0.2, 0.25) is 0 Å². The minimum Gasteiger partial charge on any atom is -0.323 e. The maximum atomic E-state index is 13.6. The van der Waals surface area contributed by atoms with Crippen LogP contribution < -0.4 is 5.32 Å². The van der Waals surface area contributed by atoms with Crippen molar-refractivity contribution in [1.29, 1.82) is 0 Å². The number of hydrogen-bond donors (Lipinski definition) is 1. The number of carbonyl (C=O) groups is 1. The third-order valence-electron chi connectivity index (χ3n) is 2.86. The van der Waals surface area contributed by atoms with Crippen molar-refractivity contribution in [1.82, 2.24) is 4.98 Å². The van der Waals surface area contributed by atoms with Crippen molar-refractivity contribution in [3.8, 4) is 0 Å². The molecule has 1 N–H and O–H groups in total. The maximum absolute atomic E-state index is 13.6. The number of carbonyl (C=O) groups excluding carboxylic acids is 1. The first-order valence-electron chi connectivity index (χ1n) is 5.85. The standard InChI is InChI=1S/C14H11F3N2O/c1-8(13-9(15)3-2-4-10(13)16)14(20)19-12-5-6-18-7-11(12)17/h2-8H,1H3,(H,18,19,20)/t8-/m1/s1. The molecule has 0 saturated heterocycles. The van der Waals surface area contributed by atoms with Crippen molar-refractivity contribution in [2.24, 2.45) is 0 Å². The molecule has 2 aromatic rings. The fraction of sp³-hybridized carbons (Fsp3) is 0.143. The highest BCUT2D eigenvalue weighted by Crippen LogP contribution is 2.24. The molecule has 0 aliphatic heterocycles. The summed E-state index contributed by atoms with van der Waals surface area (Å²) in [5.41, 5.74) is -0.437. The number of benzene rings is 1. The Labute approximate surface area is 113 Å². The third kappa shape index (κ3) is 2.79. The molecule has 0 unspecified atom stereocenters. The zero-order chi connectivity index (χ0) is 14.7. The zero-order valence-electron chi connectivity index (χ0n) is 10.5. The Hall–Kier alpha value is -2.37. The molecule has 6 heteroatoms. The van der Waals surface area contributed by atoms with Crippen LogP contribution in [0.4, 0.5) is 18.9 Å². The quantitative estimate of drug-likeness (QED) is 0.937. The van der Waals surface area contributed by atoms with Crippen LogP contribution in [0.3, 0.4) is 0 Å². The predicted molar refractivity (Wildman–Crippen MR) is 67.6 cm³/mol. The molecule has 104 valence electrons. The number of amides is 1. The summed E-state index contributed by atoms with van der Waals surface area (Å²) < 4.78 is 40.5. The summed E-state index contributed by atoms with van der Waals surface area (Å²) in [4.78, 5) is 15.5. The van der Waals surface area contributed by atoms with Gasteiger partial charge in [-0.05, 0) is 25.1 Å². The molecule has 1 aromatic heterocycles. The van der Waals surface area contributed by atoms with Gasteiger partial charge in [-0.15, -0.1) is 0 Å². The van der Waals surface area contributed by atoms with Crippen molar-refractivity contribution < 1.29 is 18.0 Å². The van der Waals surface area contributed by atoms with Crippen molar-refractivity contribution in [3.63, 3.8) is 0 Å². The highest BCUT2D eigenvalue weighted by atomic mass is 19.1. The summed E-state index contributed by atoms with van der Waals surface area (Å²) >= 11 is 0. The van der Waals surface area contributed by atoms with Crippen LogP contribution in [0.5, 0.6) is 0 Å². The van der Waals surface area contributed by atoms with Crippen molar-refractivity contribution in [3.05, 3.63) is 59.7 Å². The summed E-state index contributed by atoms with van der Waals surface area (Å²) in [6.07, 6.45) is 2.23. The molecular weight excluding hydrogens is 269 g/mol. The van der Waals surface area contributed by atoms with E-state index in [1.165, 1.54) is 25.3 Å². The molecule has 0 aliphatic carbocycles. The molecular formula is C14H11F3N2O. The number of nitrogens with one attached hydrogen (secondary N) is 1. The van der Waals surface area contributed by atoms with E-state index in [4.69, 9.17) is 0 Å². The van der Waals surface area contributed by atoms with Gasteiger partial charge in [0, 0.05) is 11.8 Å². The number of pyridine rings is 1. The molecule has 0 fully saturated rings. The van der Waals surface area contributed by atoms with E-state index in [-0.39, 0.29) is 11.3 Å². The van der Waals surface area contributed by atoms with Crippen LogP contribution in [0, 0.1) is 17.5 Å². The minimum atomic E-state index is -1.09. The first kappa shape index (κ1) is 14.0. The van der Waals surface area contributed by atoms with Gasteiger partial charge in [-0.1, -0.05) is 6.07 Å². The number of halogens is 3. The summed E-state index contributed by atoms with van der Waals surface area (Å²) in [7, 11) is 0. The smallest absolute Gasteiger partial charge is 0.231 e. The summed E-state index contributed by atoms with van der Waals surface area (Å²) in [5, 5.41) is 2.28. The lowest BCUT2D eigenvalue weighted by molar-refractivity contribution is -0.117. The number of rotatable bonds is 3. The molecule has 1 heterocycles. The fourth-order valence-electron chi connectivity index (χ4n) is 1.77. The van der Waals surface area contributed by atoms with Crippen LogP contribution in [-0.2, 0) is 4.79 Å². The van der Waals surface area contributed by atoms with Crippen LogP contribution in [0.1, 0.15) is 18.4 Å². The Morgan fingerprint density at radius 3 is 2.40 bits per heavy atom. The largest absolute Gasteiger partial charge is 0.323 e. The van der Waals surface area contributed by atoms with E-state index < -0.39 is 29.3 Å². The lowest BCUT2D eigenvalue weighted by Gasteiger charge is -2.14. The maximum Gasteiger partial charge on any atom is 0.231 e. The van der Waals surface area contributed by atoms with E-state index in [9.17, 15) is 18.0 Å². The second-order valence-electron chi connectivity index (χ2n) is 4.20. The Bertz CT molecular complexity index is 626. The van der Waals surface area contributed by atoms with Gasteiger partial charge in [-0.25, -0.2) is 13.2 Å². The highest BCUT2D eigenvalue weighted by Gasteiger charge is 2.23. The average Bonchev–Trinajstić information content (AvgIpc) is 2.41. The number of anilines is 1. The Morgan fingerprint density at radius 2 is 1.80 bits per heavy atom. The van der Waals surface area contributed by atoms with Gasteiger partial charge in [0.2, 0.25) is 5.91 Å². The van der Waals surface area contributed by atoms with E-state index in [0.717, 1.165) is 18.3 Å². The molecule has 0 bridgehead atoms. The summed E-state index contributed by atoms with van der Waals surface area (Å²) in [6.45, 7) is 1.34. The van der Waals surface area contributed by atoms with E-state index in [1.807, 2.05) is 0 Å². The third-order valence-corrected chi connectivity index (χ3v) is 2.86. The van der Waals surface area contributed by atoms with E-state index in [2.05, 4.69) is 10.3 Å². The lowest BCUT2D eigenvalue weighted by Crippen LogP contribution is -2.21. The molecule has 20 heavy (non-hydrogen) atoms. The van der Waals surface area contributed by atoms with Crippen LogP contribution >= 0.6 is 0 Å². The Balaban J connectivity index is 2.24. The molecule has 2 rings (SSSR count). The topological polar surface area (TPSA) is 42.0 Å². The summed E-state index contributed by atoms with van der Waals surface area (Å²) in [5.74, 6) is -4.16. The molecule has 0 saturated carbocycles. The number of nitrogens with zero attached hydrogens (tertiary/aromatic N) is 1. The molecule has 0 radical (unpaired) electrons. The molecule has 1 aromatic carbocycles. The second kappa shape index (κ2) is 5.73. The van der Waals surface area contributed by atoms with Crippen LogP contribution in [0.25, 0.3) is 0 Å². The molecule has 3 nitrogen and oxygen atoms in total. The van der Waals surface area contributed by atoms with Gasteiger partial charge in [0.25, 0.3) is 0 Å². The van der Waals surface area contributed by atoms with Crippen molar-refractivity contribution in [2.45, 2.75) is 12.8 Å². The molecule has 1 amide bonds. The van der Waals surface area contributed by atoms with Gasteiger partial charge >= 0.3 is 0 Å². The monoisotopic (exact) mass is 280 g/mol. The second-order valence-corrected chi connectivity index (χ2v) is 4.20.